The topological polar surface area (TPSA) is 107 Å². The molecule has 228 valence electrons. The average molecular weight is 604 g/mol. The van der Waals surface area contributed by atoms with E-state index in [1.807, 2.05) is 48.7 Å². The van der Waals surface area contributed by atoms with Gasteiger partial charge in [0.25, 0.3) is 5.91 Å². The van der Waals surface area contributed by atoms with Gasteiger partial charge in [0.1, 0.15) is 30.8 Å². The van der Waals surface area contributed by atoms with Crippen LogP contribution in [-0.4, -0.2) is 68.8 Å². The molecule has 3 aromatic carbocycles. The third kappa shape index (κ3) is 4.89. The molecule has 0 aliphatic carbocycles. The molecule has 1 amide bonds. The zero-order chi connectivity index (χ0) is 30.5. The predicted octanol–water partition coefficient (Wildman–Crippen LogP) is 4.85. The summed E-state index contributed by atoms with van der Waals surface area (Å²) in [5.74, 6) is -0.771. The van der Waals surface area contributed by atoms with Crippen LogP contribution in [0.25, 0.3) is 11.2 Å². The number of ether oxygens (including phenoxy) is 3. The maximum absolute atomic E-state index is 13.0. The van der Waals surface area contributed by atoms with E-state index in [0.29, 0.717) is 22.5 Å². The number of carbonyl (C=O) groups excluding carboxylic acids is 1. The monoisotopic (exact) mass is 603 g/mol. The SMILES string of the molecule is CC1(C)O[C@@H]2[C@H](O1)[C@@H](C1N(c3ccccc3)CCN1c1ccccc1)O[C@H]2n1cnc2c(NC(=O)c3ccccc3)ncnc21. The molecule has 0 spiro atoms. The van der Waals surface area contributed by atoms with Crippen LogP contribution in [0.4, 0.5) is 17.2 Å². The fourth-order valence-corrected chi connectivity index (χ4v) is 6.78. The van der Waals surface area contributed by atoms with Crippen LogP contribution in [0, 0.1) is 0 Å². The molecule has 0 bridgehead atoms. The predicted molar refractivity (Wildman–Crippen MR) is 169 cm³/mol. The van der Waals surface area contributed by atoms with Gasteiger partial charge in [-0.3, -0.25) is 9.36 Å². The Morgan fingerprint density at radius 3 is 2.02 bits per heavy atom. The zero-order valence-corrected chi connectivity index (χ0v) is 24.9. The second-order valence-electron chi connectivity index (χ2n) is 11.9. The van der Waals surface area contributed by atoms with E-state index >= 15 is 0 Å². The van der Waals surface area contributed by atoms with Gasteiger partial charge in [-0.1, -0.05) is 54.6 Å². The Bertz CT molecular complexity index is 1770. The average Bonchev–Trinajstić information content (AvgIpc) is 3.84. The Hall–Kier alpha value is -4.84. The molecule has 3 fully saturated rings. The first-order valence-corrected chi connectivity index (χ1v) is 15.2. The molecule has 5 heterocycles. The van der Waals surface area contributed by atoms with Gasteiger partial charge < -0.3 is 29.3 Å². The van der Waals surface area contributed by atoms with Crippen molar-refractivity contribution >= 4 is 34.3 Å². The van der Waals surface area contributed by atoms with Crippen LogP contribution in [-0.2, 0) is 14.2 Å². The molecule has 0 saturated carbocycles. The molecule has 5 aromatic rings. The molecule has 3 aliphatic rings. The van der Waals surface area contributed by atoms with E-state index in [9.17, 15) is 4.79 Å². The summed E-state index contributed by atoms with van der Waals surface area (Å²) in [4.78, 5) is 31.3. The fourth-order valence-electron chi connectivity index (χ4n) is 6.78. The highest BCUT2D eigenvalue weighted by Gasteiger charge is 2.60. The summed E-state index contributed by atoms with van der Waals surface area (Å²) >= 11 is 0. The summed E-state index contributed by atoms with van der Waals surface area (Å²) in [5.41, 5.74) is 3.73. The molecule has 1 N–H and O–H groups in total. The summed E-state index contributed by atoms with van der Waals surface area (Å²) in [7, 11) is 0. The number of anilines is 3. The van der Waals surface area contributed by atoms with Crippen LogP contribution >= 0.6 is 0 Å². The summed E-state index contributed by atoms with van der Waals surface area (Å²) < 4.78 is 22.0. The maximum atomic E-state index is 13.0. The molecule has 0 unspecified atom stereocenters. The highest BCUT2D eigenvalue weighted by atomic mass is 16.8. The Balaban J connectivity index is 1.17. The van der Waals surface area contributed by atoms with Crippen LogP contribution in [0.1, 0.15) is 30.4 Å². The van der Waals surface area contributed by atoms with Gasteiger partial charge in [0.15, 0.2) is 29.0 Å². The van der Waals surface area contributed by atoms with Crippen LogP contribution in [0.2, 0.25) is 0 Å². The van der Waals surface area contributed by atoms with Crippen molar-refractivity contribution in [2.75, 3.05) is 28.2 Å². The lowest BCUT2D eigenvalue weighted by Gasteiger charge is -2.38. The summed E-state index contributed by atoms with van der Waals surface area (Å²) in [6.45, 7) is 5.51. The summed E-state index contributed by atoms with van der Waals surface area (Å²) in [5, 5.41) is 2.89. The second-order valence-corrected chi connectivity index (χ2v) is 11.9. The normalized spacial score (nSPS) is 24.3. The van der Waals surface area contributed by atoms with Crippen molar-refractivity contribution in [2.24, 2.45) is 0 Å². The summed E-state index contributed by atoms with van der Waals surface area (Å²) in [6.07, 6.45) is 1.14. The number of para-hydroxylation sites is 2. The molecule has 2 aromatic heterocycles. The number of nitrogens with one attached hydrogen (secondary N) is 1. The third-order valence-corrected chi connectivity index (χ3v) is 8.66. The van der Waals surface area contributed by atoms with Crippen LogP contribution in [0.3, 0.4) is 0 Å². The lowest BCUT2D eigenvalue weighted by molar-refractivity contribution is -0.198. The lowest BCUT2D eigenvalue weighted by atomic mass is 10.1. The van der Waals surface area contributed by atoms with E-state index in [0.717, 1.165) is 24.5 Å². The maximum Gasteiger partial charge on any atom is 0.256 e. The van der Waals surface area contributed by atoms with Gasteiger partial charge in [0.05, 0.1) is 6.33 Å². The molecule has 4 atom stereocenters. The minimum atomic E-state index is -0.816. The third-order valence-electron chi connectivity index (χ3n) is 8.66. The number of hydrogen-bond donors (Lipinski definition) is 1. The first kappa shape index (κ1) is 27.7. The number of rotatable bonds is 6. The summed E-state index contributed by atoms with van der Waals surface area (Å²) in [6, 6.07) is 29.8. The van der Waals surface area contributed by atoms with Crippen molar-refractivity contribution in [2.45, 2.75) is 50.3 Å². The number of nitrogens with zero attached hydrogens (tertiary/aromatic N) is 6. The number of amides is 1. The molecule has 8 rings (SSSR count). The molecule has 11 heteroatoms. The molecular formula is C34H33N7O4. The molecule has 11 nitrogen and oxygen atoms in total. The van der Waals surface area contributed by atoms with Gasteiger partial charge in [-0.05, 0) is 50.2 Å². The molecular weight excluding hydrogens is 570 g/mol. The van der Waals surface area contributed by atoms with Gasteiger partial charge in [0, 0.05) is 30.0 Å². The van der Waals surface area contributed by atoms with Crippen molar-refractivity contribution in [1.82, 2.24) is 19.5 Å². The first-order valence-electron chi connectivity index (χ1n) is 15.2. The van der Waals surface area contributed by atoms with E-state index in [1.165, 1.54) is 6.33 Å². The Kier molecular flexibility index (Phi) is 6.74. The minimum Gasteiger partial charge on any atom is -0.347 e. The first-order chi connectivity index (χ1) is 22.0. The van der Waals surface area contributed by atoms with Crippen LogP contribution in [0.5, 0.6) is 0 Å². The lowest BCUT2D eigenvalue weighted by Crippen LogP contribution is -2.53. The van der Waals surface area contributed by atoms with Crippen molar-refractivity contribution < 1.29 is 19.0 Å². The van der Waals surface area contributed by atoms with Crippen molar-refractivity contribution in [3.8, 4) is 0 Å². The zero-order valence-electron chi connectivity index (χ0n) is 24.9. The molecule has 45 heavy (non-hydrogen) atoms. The van der Waals surface area contributed by atoms with Gasteiger partial charge in [-0.25, -0.2) is 15.0 Å². The number of hydrogen-bond acceptors (Lipinski definition) is 9. The minimum absolute atomic E-state index is 0.171. The van der Waals surface area contributed by atoms with Crippen LogP contribution < -0.4 is 15.1 Å². The van der Waals surface area contributed by atoms with Crippen molar-refractivity contribution in [1.29, 1.82) is 0 Å². The second kappa shape index (κ2) is 11.0. The standard InChI is InChI=1S/C34H33N7O4/c1-34(2)44-26-27(32-39(23-14-8-4-9-15-23)18-19-40(32)24-16-10-5-11-17-24)43-33(28(26)45-34)41-21-37-25-29(35-20-36-30(25)41)38-31(42)22-12-6-3-7-13-22/h3-17,20-21,26-28,32-33H,18-19H2,1-2H3,(H,35,36,38,42)/t26-,27+,28-,33-/m1/s1. The number of benzene rings is 3. The Labute approximate surface area is 260 Å². The Morgan fingerprint density at radius 1 is 0.778 bits per heavy atom. The van der Waals surface area contributed by atoms with Gasteiger partial charge in [-0.15, -0.1) is 0 Å². The largest absolute Gasteiger partial charge is 0.347 e. The quantitative estimate of drug-likeness (QED) is 0.292. The molecule has 3 saturated heterocycles. The van der Waals surface area contributed by atoms with Crippen molar-refractivity contribution in [3.63, 3.8) is 0 Å². The van der Waals surface area contributed by atoms with E-state index in [1.54, 1.807) is 18.5 Å². The number of carbonyl (C=O) groups is 1. The van der Waals surface area contributed by atoms with Gasteiger partial charge >= 0.3 is 0 Å². The van der Waals surface area contributed by atoms with Gasteiger partial charge in [-0.2, -0.15) is 0 Å². The van der Waals surface area contributed by atoms with Gasteiger partial charge in [0.2, 0.25) is 0 Å². The fraction of sp³-hybridized carbons (Fsp3) is 0.294. The molecule has 3 aliphatic heterocycles. The Morgan fingerprint density at radius 2 is 1.38 bits per heavy atom. The number of imidazole rings is 1. The molecule has 0 radical (unpaired) electrons. The smallest absolute Gasteiger partial charge is 0.256 e. The van der Waals surface area contributed by atoms with Crippen LogP contribution in [0.15, 0.2) is 104 Å². The van der Waals surface area contributed by atoms with E-state index in [-0.39, 0.29) is 24.3 Å². The number of fused-ring (bicyclic) bond motifs is 2. The van der Waals surface area contributed by atoms with E-state index in [2.05, 4.69) is 78.6 Å². The highest BCUT2D eigenvalue weighted by Crippen LogP contribution is 2.47. The van der Waals surface area contributed by atoms with E-state index in [4.69, 9.17) is 14.2 Å². The number of aromatic nitrogens is 4. The van der Waals surface area contributed by atoms with E-state index < -0.39 is 18.1 Å². The highest BCUT2D eigenvalue weighted by molar-refractivity contribution is 6.06. The van der Waals surface area contributed by atoms with Crippen molar-refractivity contribution in [3.05, 3.63) is 109 Å².